The third-order valence-electron chi connectivity index (χ3n) is 1.70. The van der Waals surface area contributed by atoms with E-state index in [9.17, 15) is 22.0 Å². The molecule has 1 aromatic rings. The van der Waals surface area contributed by atoms with Crippen LogP contribution < -0.4 is 9.47 Å². The first kappa shape index (κ1) is 12.5. The molecule has 0 heterocycles. The van der Waals surface area contributed by atoms with Gasteiger partial charge in [-0.05, 0) is 12.1 Å². The largest absolute Gasteiger partial charge is 0.496 e. The second-order valence-corrected chi connectivity index (χ2v) is 2.74. The standard InChI is InChI=1S/C9H7F5O2/c1-15-7-4-5(16-8(10)11)2-3-6(7)9(12,13)14/h2-4,8H,1H3. The Labute approximate surface area is 87.6 Å². The molecule has 0 unspecified atom stereocenters. The molecule has 7 heteroatoms. The summed E-state index contributed by atoms with van der Waals surface area (Å²) in [7, 11) is 1.01. The Hall–Kier alpha value is -1.53. The van der Waals surface area contributed by atoms with Gasteiger partial charge in [-0.2, -0.15) is 22.0 Å². The molecule has 16 heavy (non-hydrogen) atoms. The summed E-state index contributed by atoms with van der Waals surface area (Å²) in [5.74, 6) is -0.953. The van der Waals surface area contributed by atoms with Crippen LogP contribution in [0.15, 0.2) is 18.2 Å². The van der Waals surface area contributed by atoms with Gasteiger partial charge in [0, 0.05) is 6.07 Å². The van der Waals surface area contributed by atoms with Crippen molar-refractivity contribution in [3.63, 3.8) is 0 Å². The maximum absolute atomic E-state index is 12.4. The van der Waals surface area contributed by atoms with Gasteiger partial charge in [0.05, 0.1) is 12.7 Å². The fourth-order valence-electron chi connectivity index (χ4n) is 1.08. The van der Waals surface area contributed by atoms with E-state index < -0.39 is 24.1 Å². The van der Waals surface area contributed by atoms with Crippen LogP contribution >= 0.6 is 0 Å². The summed E-state index contributed by atoms with van der Waals surface area (Å²) in [4.78, 5) is 0. The van der Waals surface area contributed by atoms with Gasteiger partial charge in [0.15, 0.2) is 0 Å². The van der Waals surface area contributed by atoms with Crippen LogP contribution in [0.4, 0.5) is 22.0 Å². The van der Waals surface area contributed by atoms with Gasteiger partial charge in [0.2, 0.25) is 0 Å². The van der Waals surface area contributed by atoms with Gasteiger partial charge >= 0.3 is 12.8 Å². The lowest BCUT2D eigenvalue weighted by molar-refractivity contribution is -0.138. The Kier molecular flexibility index (Phi) is 3.56. The van der Waals surface area contributed by atoms with Gasteiger partial charge in [-0.15, -0.1) is 0 Å². The van der Waals surface area contributed by atoms with Crippen LogP contribution in [0.2, 0.25) is 0 Å². The first-order chi connectivity index (χ1) is 7.34. The summed E-state index contributed by atoms with van der Waals surface area (Å²) < 4.78 is 69.1. The Balaban J connectivity index is 3.07. The highest BCUT2D eigenvalue weighted by atomic mass is 19.4. The number of rotatable bonds is 3. The summed E-state index contributed by atoms with van der Waals surface area (Å²) in [6.07, 6.45) is -4.60. The van der Waals surface area contributed by atoms with Gasteiger partial charge < -0.3 is 9.47 Å². The van der Waals surface area contributed by atoms with E-state index in [4.69, 9.17) is 0 Å². The SMILES string of the molecule is COc1cc(OC(F)F)ccc1C(F)(F)F. The number of methoxy groups -OCH3 is 1. The van der Waals surface area contributed by atoms with Crippen LogP contribution in [0.3, 0.4) is 0 Å². The first-order valence-corrected chi connectivity index (χ1v) is 4.04. The van der Waals surface area contributed by atoms with Crippen molar-refractivity contribution in [2.75, 3.05) is 7.11 Å². The molecule has 0 saturated carbocycles. The summed E-state index contributed by atoms with van der Waals surface area (Å²) in [5.41, 5.74) is -1.04. The van der Waals surface area contributed by atoms with Crippen LogP contribution in [0.1, 0.15) is 5.56 Å². The molecule has 1 rings (SSSR count). The van der Waals surface area contributed by atoms with Crippen molar-refractivity contribution < 1.29 is 31.4 Å². The number of alkyl halides is 5. The predicted molar refractivity (Wildman–Crippen MR) is 44.6 cm³/mol. The van der Waals surface area contributed by atoms with Crippen molar-refractivity contribution >= 4 is 0 Å². The van der Waals surface area contributed by atoms with Crippen LogP contribution in [0.5, 0.6) is 11.5 Å². The molecule has 0 aliphatic carbocycles. The summed E-state index contributed by atoms with van der Waals surface area (Å²) in [5, 5.41) is 0. The van der Waals surface area contributed by atoms with E-state index in [1.54, 1.807) is 0 Å². The zero-order valence-electron chi connectivity index (χ0n) is 8.02. The number of ether oxygens (including phenoxy) is 2. The molecule has 0 spiro atoms. The molecule has 0 aliphatic rings. The lowest BCUT2D eigenvalue weighted by atomic mass is 10.2. The minimum atomic E-state index is -4.60. The maximum atomic E-state index is 12.4. The third-order valence-corrected chi connectivity index (χ3v) is 1.70. The third kappa shape index (κ3) is 2.98. The molecule has 0 aliphatic heterocycles. The number of halogens is 5. The van der Waals surface area contributed by atoms with Crippen LogP contribution in [0, 0.1) is 0 Å². The number of hydrogen-bond donors (Lipinski definition) is 0. The van der Waals surface area contributed by atoms with Crippen molar-refractivity contribution in [1.82, 2.24) is 0 Å². The summed E-state index contributed by atoms with van der Waals surface area (Å²) in [6.45, 7) is -3.10. The van der Waals surface area contributed by atoms with Gasteiger partial charge in [0.1, 0.15) is 11.5 Å². The first-order valence-electron chi connectivity index (χ1n) is 4.04. The van der Waals surface area contributed by atoms with Crippen molar-refractivity contribution in [2.24, 2.45) is 0 Å². The zero-order valence-corrected chi connectivity index (χ0v) is 8.02. The van der Waals surface area contributed by atoms with Gasteiger partial charge in [-0.3, -0.25) is 0 Å². The van der Waals surface area contributed by atoms with E-state index >= 15 is 0 Å². The monoisotopic (exact) mass is 242 g/mol. The van der Waals surface area contributed by atoms with E-state index in [2.05, 4.69) is 9.47 Å². The molecule has 0 fully saturated rings. The van der Waals surface area contributed by atoms with Crippen molar-refractivity contribution in [2.45, 2.75) is 12.8 Å². The fourth-order valence-corrected chi connectivity index (χ4v) is 1.08. The van der Waals surface area contributed by atoms with E-state index in [1.165, 1.54) is 0 Å². The predicted octanol–water partition coefficient (Wildman–Crippen LogP) is 3.32. The Morgan fingerprint density at radius 2 is 1.81 bits per heavy atom. The quantitative estimate of drug-likeness (QED) is 0.757. The molecule has 0 radical (unpaired) electrons. The Morgan fingerprint density at radius 1 is 1.19 bits per heavy atom. The molecule has 1 aromatic carbocycles. The van der Waals surface area contributed by atoms with Crippen LogP contribution in [-0.4, -0.2) is 13.7 Å². The maximum Gasteiger partial charge on any atom is 0.419 e. The average molecular weight is 242 g/mol. The molecule has 0 aromatic heterocycles. The second-order valence-electron chi connectivity index (χ2n) is 2.74. The van der Waals surface area contributed by atoms with Gasteiger partial charge in [-0.25, -0.2) is 0 Å². The highest BCUT2D eigenvalue weighted by Gasteiger charge is 2.34. The molecular formula is C9H7F5O2. The molecular weight excluding hydrogens is 235 g/mol. The highest BCUT2D eigenvalue weighted by molar-refractivity contribution is 5.42. The fraction of sp³-hybridized carbons (Fsp3) is 0.333. The highest BCUT2D eigenvalue weighted by Crippen LogP contribution is 2.38. The van der Waals surface area contributed by atoms with Crippen molar-refractivity contribution in [1.29, 1.82) is 0 Å². The molecule has 0 bridgehead atoms. The van der Waals surface area contributed by atoms with Gasteiger partial charge in [-0.1, -0.05) is 0 Å². The topological polar surface area (TPSA) is 18.5 Å². The molecule has 2 nitrogen and oxygen atoms in total. The Bertz CT molecular complexity index is 361. The number of benzene rings is 1. The van der Waals surface area contributed by atoms with E-state index in [0.717, 1.165) is 19.2 Å². The lowest BCUT2D eigenvalue weighted by Crippen LogP contribution is -2.08. The average Bonchev–Trinajstić information content (AvgIpc) is 2.14. The minimum Gasteiger partial charge on any atom is -0.496 e. The summed E-state index contributed by atoms with van der Waals surface area (Å²) in [6, 6.07) is 2.18. The van der Waals surface area contributed by atoms with Crippen LogP contribution in [0.25, 0.3) is 0 Å². The van der Waals surface area contributed by atoms with E-state index in [0.29, 0.717) is 6.07 Å². The molecule has 0 amide bonds. The number of hydrogen-bond acceptors (Lipinski definition) is 2. The molecule has 90 valence electrons. The smallest absolute Gasteiger partial charge is 0.419 e. The summed E-state index contributed by atoms with van der Waals surface area (Å²) >= 11 is 0. The minimum absolute atomic E-state index is 0.389. The van der Waals surface area contributed by atoms with E-state index in [-0.39, 0.29) is 5.75 Å². The second kappa shape index (κ2) is 4.54. The Morgan fingerprint density at radius 3 is 2.25 bits per heavy atom. The normalized spacial score (nSPS) is 11.7. The van der Waals surface area contributed by atoms with Gasteiger partial charge in [0.25, 0.3) is 0 Å². The zero-order chi connectivity index (χ0) is 12.3. The van der Waals surface area contributed by atoms with Crippen molar-refractivity contribution in [3.8, 4) is 11.5 Å². The molecule has 0 N–H and O–H groups in total. The molecule has 0 atom stereocenters. The van der Waals surface area contributed by atoms with Crippen LogP contribution in [-0.2, 0) is 6.18 Å². The van der Waals surface area contributed by atoms with E-state index in [1.807, 2.05) is 0 Å². The lowest BCUT2D eigenvalue weighted by Gasteiger charge is -2.13. The molecule has 0 saturated heterocycles. The van der Waals surface area contributed by atoms with Crippen molar-refractivity contribution in [3.05, 3.63) is 23.8 Å².